The van der Waals surface area contributed by atoms with E-state index in [4.69, 9.17) is 10.5 Å². The molecule has 0 aromatic heterocycles. The summed E-state index contributed by atoms with van der Waals surface area (Å²) < 4.78 is 32.0. The number of nitrogens with two attached hydrogens (primary N) is 1. The maximum absolute atomic E-state index is 12.1. The smallest absolute Gasteiger partial charge is 0.240 e. The first-order valence-electron chi connectivity index (χ1n) is 5.93. The number of ether oxygens (including phenoxy) is 1. The van der Waals surface area contributed by atoms with Gasteiger partial charge < -0.3 is 10.5 Å². The number of rotatable bonds is 5. The van der Waals surface area contributed by atoms with E-state index < -0.39 is 10.0 Å². The standard InChI is InChI=1S/C12H18N2O3S/c1-3-8-6-11(8)14-18(15,16)9-4-5-10(13)12(7-9)17-2/h4-5,7-8,11,14H,3,6,13H2,1-2H3. The molecule has 0 amide bonds. The van der Waals surface area contributed by atoms with Crippen molar-refractivity contribution >= 4 is 15.7 Å². The van der Waals surface area contributed by atoms with Crippen LogP contribution in [0.1, 0.15) is 19.8 Å². The van der Waals surface area contributed by atoms with Crippen LogP contribution in [0.3, 0.4) is 0 Å². The number of sulfonamides is 1. The van der Waals surface area contributed by atoms with Gasteiger partial charge in [0.15, 0.2) is 0 Å². The number of nitrogen functional groups attached to an aromatic ring is 1. The summed E-state index contributed by atoms with van der Waals surface area (Å²) in [6.07, 6.45) is 1.92. The average molecular weight is 270 g/mol. The van der Waals surface area contributed by atoms with E-state index in [-0.39, 0.29) is 10.9 Å². The molecule has 3 N–H and O–H groups in total. The van der Waals surface area contributed by atoms with Crippen LogP contribution in [-0.4, -0.2) is 21.6 Å². The number of nitrogens with one attached hydrogen (secondary N) is 1. The molecule has 2 unspecified atom stereocenters. The minimum atomic E-state index is -3.47. The number of anilines is 1. The normalized spacial score (nSPS) is 22.8. The second kappa shape index (κ2) is 4.78. The fourth-order valence-electron chi connectivity index (χ4n) is 1.97. The van der Waals surface area contributed by atoms with E-state index in [2.05, 4.69) is 11.6 Å². The van der Waals surface area contributed by atoms with Crippen molar-refractivity contribution in [3.05, 3.63) is 18.2 Å². The summed E-state index contributed by atoms with van der Waals surface area (Å²) in [5.74, 6) is 0.844. The van der Waals surface area contributed by atoms with Gasteiger partial charge in [0.05, 0.1) is 17.7 Å². The summed E-state index contributed by atoms with van der Waals surface area (Å²) in [5, 5.41) is 0. The lowest BCUT2D eigenvalue weighted by Gasteiger charge is -2.09. The van der Waals surface area contributed by atoms with Crippen molar-refractivity contribution in [3.8, 4) is 5.75 Å². The Hall–Kier alpha value is -1.27. The van der Waals surface area contributed by atoms with Crippen LogP contribution in [0.5, 0.6) is 5.75 Å². The Labute approximate surface area is 107 Å². The van der Waals surface area contributed by atoms with E-state index in [0.29, 0.717) is 17.4 Å². The van der Waals surface area contributed by atoms with Crippen molar-refractivity contribution in [2.45, 2.75) is 30.7 Å². The van der Waals surface area contributed by atoms with E-state index >= 15 is 0 Å². The molecule has 18 heavy (non-hydrogen) atoms. The number of benzene rings is 1. The third kappa shape index (κ3) is 2.59. The van der Waals surface area contributed by atoms with Crippen molar-refractivity contribution < 1.29 is 13.2 Å². The molecular formula is C12H18N2O3S. The van der Waals surface area contributed by atoms with Crippen LogP contribution < -0.4 is 15.2 Å². The van der Waals surface area contributed by atoms with Gasteiger partial charge in [-0.15, -0.1) is 0 Å². The molecule has 0 heterocycles. The first kappa shape index (κ1) is 13.2. The fraction of sp³-hybridized carbons (Fsp3) is 0.500. The average Bonchev–Trinajstić information content (AvgIpc) is 3.07. The molecule has 2 atom stereocenters. The topological polar surface area (TPSA) is 81.4 Å². The highest BCUT2D eigenvalue weighted by Crippen LogP contribution is 2.35. The van der Waals surface area contributed by atoms with Crippen LogP contribution in [0.15, 0.2) is 23.1 Å². The minimum absolute atomic E-state index is 0.0727. The van der Waals surface area contributed by atoms with Crippen LogP contribution in [0.25, 0.3) is 0 Å². The van der Waals surface area contributed by atoms with Gasteiger partial charge in [-0.05, 0) is 24.5 Å². The van der Waals surface area contributed by atoms with Crippen LogP contribution in [0.4, 0.5) is 5.69 Å². The Kier molecular flexibility index (Phi) is 3.49. The summed E-state index contributed by atoms with van der Waals surface area (Å²) in [4.78, 5) is 0.190. The van der Waals surface area contributed by atoms with Crippen molar-refractivity contribution in [2.75, 3.05) is 12.8 Å². The Morgan fingerprint density at radius 2 is 2.22 bits per heavy atom. The van der Waals surface area contributed by atoms with Crippen LogP contribution in [0, 0.1) is 5.92 Å². The largest absolute Gasteiger partial charge is 0.495 e. The predicted molar refractivity (Wildman–Crippen MR) is 69.9 cm³/mol. The van der Waals surface area contributed by atoms with Gasteiger partial charge in [0.2, 0.25) is 10.0 Å². The maximum atomic E-state index is 12.1. The van der Waals surface area contributed by atoms with Crippen molar-refractivity contribution in [1.29, 1.82) is 0 Å². The number of methoxy groups -OCH3 is 1. The molecule has 1 aliphatic carbocycles. The molecule has 2 rings (SSSR count). The molecule has 0 aliphatic heterocycles. The highest BCUT2D eigenvalue weighted by Gasteiger charge is 2.38. The van der Waals surface area contributed by atoms with Gasteiger partial charge in [-0.3, -0.25) is 0 Å². The van der Waals surface area contributed by atoms with E-state index in [1.165, 1.54) is 25.3 Å². The quantitative estimate of drug-likeness (QED) is 0.791. The van der Waals surface area contributed by atoms with Crippen LogP contribution in [-0.2, 0) is 10.0 Å². The molecule has 5 nitrogen and oxygen atoms in total. The second-order valence-electron chi connectivity index (χ2n) is 4.54. The van der Waals surface area contributed by atoms with Gasteiger partial charge >= 0.3 is 0 Å². The van der Waals surface area contributed by atoms with Gasteiger partial charge in [-0.1, -0.05) is 13.3 Å². The maximum Gasteiger partial charge on any atom is 0.240 e. The molecule has 1 fully saturated rings. The highest BCUT2D eigenvalue weighted by atomic mass is 32.2. The summed E-state index contributed by atoms with van der Waals surface area (Å²) >= 11 is 0. The number of hydrogen-bond donors (Lipinski definition) is 2. The van der Waals surface area contributed by atoms with E-state index in [0.717, 1.165) is 12.8 Å². The fourth-order valence-corrected chi connectivity index (χ4v) is 3.30. The Balaban J connectivity index is 2.19. The molecule has 1 aliphatic rings. The zero-order chi connectivity index (χ0) is 13.3. The van der Waals surface area contributed by atoms with Crippen LogP contribution >= 0.6 is 0 Å². The lowest BCUT2D eigenvalue weighted by atomic mass is 10.3. The highest BCUT2D eigenvalue weighted by molar-refractivity contribution is 7.89. The second-order valence-corrected chi connectivity index (χ2v) is 6.25. The molecule has 0 radical (unpaired) electrons. The molecule has 1 saturated carbocycles. The first-order chi connectivity index (χ1) is 8.47. The third-order valence-corrected chi connectivity index (χ3v) is 4.76. The van der Waals surface area contributed by atoms with E-state index in [1.807, 2.05) is 0 Å². The zero-order valence-corrected chi connectivity index (χ0v) is 11.3. The summed E-state index contributed by atoms with van der Waals surface area (Å²) in [6.45, 7) is 2.06. The predicted octanol–water partition coefficient (Wildman–Crippen LogP) is 1.35. The van der Waals surface area contributed by atoms with Crippen molar-refractivity contribution in [2.24, 2.45) is 5.92 Å². The summed E-state index contributed by atoms with van der Waals surface area (Å²) in [7, 11) is -2.01. The summed E-state index contributed by atoms with van der Waals surface area (Å²) in [5.41, 5.74) is 6.09. The van der Waals surface area contributed by atoms with Gasteiger partial charge in [-0.25, -0.2) is 13.1 Å². The lowest BCUT2D eigenvalue weighted by molar-refractivity contribution is 0.415. The molecular weight excluding hydrogens is 252 g/mol. The molecule has 100 valence electrons. The third-order valence-electron chi connectivity index (χ3n) is 3.27. The van der Waals surface area contributed by atoms with Crippen LogP contribution in [0.2, 0.25) is 0 Å². The molecule has 6 heteroatoms. The molecule has 0 saturated heterocycles. The minimum Gasteiger partial charge on any atom is -0.495 e. The molecule has 0 spiro atoms. The molecule has 0 bridgehead atoms. The van der Waals surface area contributed by atoms with Crippen molar-refractivity contribution in [1.82, 2.24) is 4.72 Å². The zero-order valence-electron chi connectivity index (χ0n) is 10.5. The molecule has 1 aromatic carbocycles. The van der Waals surface area contributed by atoms with E-state index in [9.17, 15) is 8.42 Å². The van der Waals surface area contributed by atoms with E-state index in [1.54, 1.807) is 0 Å². The number of hydrogen-bond acceptors (Lipinski definition) is 4. The SMILES string of the molecule is CCC1CC1NS(=O)(=O)c1ccc(N)c(OC)c1. The van der Waals surface area contributed by atoms with Crippen molar-refractivity contribution in [3.63, 3.8) is 0 Å². The van der Waals surface area contributed by atoms with Gasteiger partial charge in [0.25, 0.3) is 0 Å². The van der Waals surface area contributed by atoms with Gasteiger partial charge in [-0.2, -0.15) is 0 Å². The van der Waals surface area contributed by atoms with Gasteiger partial charge in [0.1, 0.15) is 5.75 Å². The summed E-state index contributed by atoms with van der Waals surface area (Å²) in [6, 6.07) is 4.55. The Bertz CT molecular complexity index is 542. The molecule has 1 aromatic rings. The Morgan fingerprint density at radius 3 is 2.78 bits per heavy atom. The van der Waals surface area contributed by atoms with Gasteiger partial charge in [0, 0.05) is 12.1 Å². The first-order valence-corrected chi connectivity index (χ1v) is 7.42. The lowest BCUT2D eigenvalue weighted by Crippen LogP contribution is -2.27. The Morgan fingerprint density at radius 1 is 1.50 bits per heavy atom. The monoisotopic (exact) mass is 270 g/mol.